The Morgan fingerprint density at radius 1 is 1.75 bits per heavy atom. The smallest absolute Gasteiger partial charge is 0.238 e. The van der Waals surface area contributed by atoms with Gasteiger partial charge in [0, 0.05) is 18.0 Å². The van der Waals surface area contributed by atoms with Gasteiger partial charge in [0.15, 0.2) is 0 Å². The predicted molar refractivity (Wildman–Crippen MR) is 61.6 cm³/mol. The molecule has 0 spiro atoms. The summed E-state index contributed by atoms with van der Waals surface area (Å²) in [5.41, 5.74) is 13.1. The summed E-state index contributed by atoms with van der Waals surface area (Å²) in [4.78, 5) is 14.3. The Balaban J connectivity index is 2.65. The molecule has 0 radical (unpaired) electrons. The van der Waals surface area contributed by atoms with Gasteiger partial charge in [-0.3, -0.25) is 4.79 Å². The molecule has 1 amide bonds. The van der Waals surface area contributed by atoms with Crippen molar-refractivity contribution in [2.24, 2.45) is 16.8 Å². The van der Waals surface area contributed by atoms with E-state index in [-0.39, 0.29) is 5.91 Å². The lowest BCUT2D eigenvalue weighted by Crippen LogP contribution is -2.58. The zero-order valence-electron chi connectivity index (χ0n) is 9.65. The molecule has 90 valence electrons. The number of nitrogens with one attached hydrogen (secondary N) is 1. The molecule has 1 rings (SSSR count). The third kappa shape index (κ3) is 2.46. The van der Waals surface area contributed by atoms with Crippen molar-refractivity contribution in [2.75, 3.05) is 13.1 Å². The van der Waals surface area contributed by atoms with Crippen molar-refractivity contribution in [3.05, 3.63) is 10.4 Å². The summed E-state index contributed by atoms with van der Waals surface area (Å²) in [7, 11) is 0. The molecule has 6 nitrogen and oxygen atoms in total. The summed E-state index contributed by atoms with van der Waals surface area (Å²) in [5.74, 6) is 0.0221. The number of hydrogen-bond acceptors (Lipinski definition) is 3. The van der Waals surface area contributed by atoms with E-state index < -0.39 is 5.54 Å². The van der Waals surface area contributed by atoms with Crippen molar-refractivity contribution < 1.29 is 4.79 Å². The van der Waals surface area contributed by atoms with Gasteiger partial charge < -0.3 is 11.1 Å². The molecule has 0 heterocycles. The van der Waals surface area contributed by atoms with E-state index >= 15 is 0 Å². The Morgan fingerprint density at radius 2 is 2.50 bits per heavy atom. The standard InChI is InChI=1S/C10H19N5O/c1-2-8-4-3-5-10(8,9(11)16)13-6-7-14-15-12/h8,13H,2-7H2,1H3,(H2,11,16). The summed E-state index contributed by atoms with van der Waals surface area (Å²) in [5, 5.41) is 6.63. The summed E-state index contributed by atoms with van der Waals surface area (Å²) in [6.45, 7) is 2.92. The van der Waals surface area contributed by atoms with E-state index in [0.717, 1.165) is 25.7 Å². The molecule has 2 atom stereocenters. The van der Waals surface area contributed by atoms with Crippen LogP contribution in [-0.4, -0.2) is 24.5 Å². The van der Waals surface area contributed by atoms with Crippen LogP contribution in [-0.2, 0) is 4.79 Å². The summed E-state index contributed by atoms with van der Waals surface area (Å²) < 4.78 is 0. The first-order valence-electron chi connectivity index (χ1n) is 5.73. The molecule has 3 N–H and O–H groups in total. The number of rotatable bonds is 6. The van der Waals surface area contributed by atoms with Crippen molar-refractivity contribution in [1.29, 1.82) is 0 Å². The minimum atomic E-state index is -0.584. The van der Waals surface area contributed by atoms with Gasteiger partial charge in [0.1, 0.15) is 5.54 Å². The van der Waals surface area contributed by atoms with Crippen molar-refractivity contribution in [2.45, 2.75) is 38.1 Å². The number of hydrogen-bond donors (Lipinski definition) is 2. The maximum atomic E-state index is 11.6. The van der Waals surface area contributed by atoms with Crippen LogP contribution >= 0.6 is 0 Å². The lowest BCUT2D eigenvalue weighted by Gasteiger charge is -2.33. The molecule has 1 saturated carbocycles. The summed E-state index contributed by atoms with van der Waals surface area (Å²) >= 11 is 0. The minimum Gasteiger partial charge on any atom is -0.368 e. The average molecular weight is 225 g/mol. The molecule has 1 fully saturated rings. The Kier molecular flexibility index (Phi) is 4.58. The van der Waals surface area contributed by atoms with Crippen LogP contribution < -0.4 is 11.1 Å². The average Bonchev–Trinajstić information content (AvgIpc) is 2.68. The fourth-order valence-electron chi connectivity index (χ4n) is 2.65. The second kappa shape index (κ2) is 5.72. The van der Waals surface area contributed by atoms with E-state index in [1.54, 1.807) is 0 Å². The quantitative estimate of drug-likeness (QED) is 0.308. The van der Waals surface area contributed by atoms with E-state index in [1.165, 1.54) is 0 Å². The lowest BCUT2D eigenvalue weighted by atomic mass is 9.84. The van der Waals surface area contributed by atoms with Gasteiger partial charge in [0.2, 0.25) is 5.91 Å². The number of amides is 1. The van der Waals surface area contributed by atoms with Crippen LogP contribution in [0.1, 0.15) is 32.6 Å². The van der Waals surface area contributed by atoms with Crippen molar-refractivity contribution in [3.8, 4) is 0 Å². The molecule has 0 saturated heterocycles. The number of carbonyl (C=O) groups excluding carboxylic acids is 1. The number of primary amides is 1. The zero-order chi connectivity index (χ0) is 12.0. The van der Waals surface area contributed by atoms with E-state index in [0.29, 0.717) is 19.0 Å². The van der Waals surface area contributed by atoms with E-state index in [9.17, 15) is 4.79 Å². The van der Waals surface area contributed by atoms with Gasteiger partial charge in [0.25, 0.3) is 0 Å². The van der Waals surface area contributed by atoms with Crippen LogP contribution in [0, 0.1) is 5.92 Å². The summed E-state index contributed by atoms with van der Waals surface area (Å²) in [6.07, 6.45) is 3.79. The molecule has 0 aromatic rings. The number of nitrogens with two attached hydrogens (primary N) is 1. The van der Waals surface area contributed by atoms with Gasteiger partial charge in [-0.15, -0.1) is 0 Å². The highest BCUT2D eigenvalue weighted by molar-refractivity contribution is 5.85. The number of carbonyl (C=O) groups is 1. The molecular weight excluding hydrogens is 206 g/mol. The van der Waals surface area contributed by atoms with Gasteiger partial charge in [-0.05, 0) is 24.3 Å². The van der Waals surface area contributed by atoms with Gasteiger partial charge in [-0.2, -0.15) is 0 Å². The lowest BCUT2D eigenvalue weighted by molar-refractivity contribution is -0.125. The second-order valence-corrected chi connectivity index (χ2v) is 4.21. The molecule has 0 aromatic heterocycles. The Labute approximate surface area is 95.2 Å². The second-order valence-electron chi connectivity index (χ2n) is 4.21. The molecular formula is C10H19N5O. The summed E-state index contributed by atoms with van der Waals surface area (Å²) in [6, 6.07) is 0. The number of nitrogens with zero attached hydrogens (tertiary/aromatic N) is 3. The third-order valence-corrected chi connectivity index (χ3v) is 3.47. The van der Waals surface area contributed by atoms with E-state index in [1.807, 2.05) is 0 Å². The first kappa shape index (κ1) is 12.8. The van der Waals surface area contributed by atoms with Crippen LogP contribution in [0.15, 0.2) is 5.11 Å². The largest absolute Gasteiger partial charge is 0.368 e. The van der Waals surface area contributed by atoms with Gasteiger partial charge in [0.05, 0.1) is 0 Å². The molecule has 0 aliphatic heterocycles. The van der Waals surface area contributed by atoms with E-state index in [4.69, 9.17) is 11.3 Å². The normalized spacial score (nSPS) is 28.7. The van der Waals surface area contributed by atoms with Crippen LogP contribution in [0.2, 0.25) is 0 Å². The van der Waals surface area contributed by atoms with E-state index in [2.05, 4.69) is 22.3 Å². The van der Waals surface area contributed by atoms with Crippen LogP contribution in [0.3, 0.4) is 0 Å². The Morgan fingerprint density at radius 3 is 3.06 bits per heavy atom. The molecule has 2 unspecified atom stereocenters. The molecule has 16 heavy (non-hydrogen) atoms. The maximum absolute atomic E-state index is 11.6. The molecule has 1 aliphatic rings. The highest BCUT2D eigenvalue weighted by atomic mass is 16.1. The first-order chi connectivity index (χ1) is 7.67. The zero-order valence-corrected chi connectivity index (χ0v) is 9.65. The number of azide groups is 1. The molecule has 1 aliphatic carbocycles. The van der Waals surface area contributed by atoms with Crippen molar-refractivity contribution >= 4 is 5.91 Å². The third-order valence-electron chi connectivity index (χ3n) is 3.47. The van der Waals surface area contributed by atoms with Crippen LogP contribution in [0.25, 0.3) is 10.4 Å². The molecule has 0 bridgehead atoms. The fraction of sp³-hybridized carbons (Fsp3) is 0.900. The Hall–Kier alpha value is -1.26. The van der Waals surface area contributed by atoms with Crippen molar-refractivity contribution in [1.82, 2.24) is 5.32 Å². The van der Waals surface area contributed by atoms with Crippen LogP contribution in [0.5, 0.6) is 0 Å². The SMILES string of the molecule is CCC1CCCC1(NCCN=[N+]=[N-])C(N)=O. The fourth-order valence-corrected chi connectivity index (χ4v) is 2.65. The predicted octanol–water partition coefficient (Wildman–Crippen LogP) is 1.32. The Bertz CT molecular complexity index is 300. The van der Waals surface area contributed by atoms with Crippen LogP contribution in [0.4, 0.5) is 0 Å². The minimum absolute atomic E-state index is 0.280. The maximum Gasteiger partial charge on any atom is 0.238 e. The topological polar surface area (TPSA) is 104 Å². The first-order valence-corrected chi connectivity index (χ1v) is 5.73. The monoisotopic (exact) mass is 225 g/mol. The highest BCUT2D eigenvalue weighted by Crippen LogP contribution is 2.37. The molecule has 0 aromatic carbocycles. The molecule has 6 heteroatoms. The van der Waals surface area contributed by atoms with Gasteiger partial charge >= 0.3 is 0 Å². The highest BCUT2D eigenvalue weighted by Gasteiger charge is 2.46. The van der Waals surface area contributed by atoms with Crippen molar-refractivity contribution in [3.63, 3.8) is 0 Å². The van der Waals surface area contributed by atoms with Gasteiger partial charge in [-0.25, -0.2) is 0 Å². The van der Waals surface area contributed by atoms with Gasteiger partial charge in [-0.1, -0.05) is 24.9 Å².